The molecule has 0 atom stereocenters. The van der Waals surface area contributed by atoms with Crippen molar-refractivity contribution < 1.29 is 28.5 Å². The second kappa shape index (κ2) is 11.4. The van der Waals surface area contributed by atoms with E-state index < -0.39 is 11.9 Å². The lowest BCUT2D eigenvalue weighted by Crippen LogP contribution is -2.32. The Hall–Kier alpha value is -3.22. The van der Waals surface area contributed by atoms with Crippen LogP contribution in [0, 0.1) is 0 Å². The molecule has 2 aromatic rings. The Labute approximate surface area is 158 Å². The minimum absolute atomic E-state index is 0.279. The van der Waals surface area contributed by atoms with E-state index in [-0.39, 0.29) is 13.2 Å². The fraction of sp³-hybridized carbons (Fsp3) is 0.300. The fourth-order valence-electron chi connectivity index (χ4n) is 2.06. The summed E-state index contributed by atoms with van der Waals surface area (Å²) in [6, 6.07) is 16.1. The van der Waals surface area contributed by atoms with Crippen LogP contribution < -0.4 is 19.5 Å². The number of hydrogen-bond acceptors (Lipinski definition) is 6. The number of esters is 1. The van der Waals surface area contributed by atoms with E-state index in [2.05, 4.69) is 5.32 Å². The highest BCUT2D eigenvalue weighted by molar-refractivity contribution is 5.80. The van der Waals surface area contributed by atoms with Crippen molar-refractivity contribution in [1.82, 2.24) is 5.32 Å². The van der Waals surface area contributed by atoms with E-state index in [1.54, 1.807) is 24.3 Å². The number of nitrogens with one attached hydrogen (secondary N) is 1. The summed E-state index contributed by atoms with van der Waals surface area (Å²) in [6.07, 6.45) is 0. The molecule has 0 fully saturated rings. The second-order valence-electron chi connectivity index (χ2n) is 5.37. The van der Waals surface area contributed by atoms with Gasteiger partial charge in [0.25, 0.3) is 5.91 Å². The van der Waals surface area contributed by atoms with E-state index >= 15 is 0 Å². The van der Waals surface area contributed by atoms with Gasteiger partial charge in [0, 0.05) is 0 Å². The number of carbonyl (C=O) groups excluding carboxylic acids is 2. The van der Waals surface area contributed by atoms with Crippen LogP contribution in [0.4, 0.5) is 0 Å². The van der Waals surface area contributed by atoms with Gasteiger partial charge in [-0.05, 0) is 43.3 Å². The van der Waals surface area contributed by atoms with Crippen molar-refractivity contribution in [2.24, 2.45) is 0 Å². The van der Waals surface area contributed by atoms with E-state index in [9.17, 15) is 9.59 Å². The minimum Gasteiger partial charge on any atom is -0.494 e. The largest absolute Gasteiger partial charge is 0.494 e. The van der Waals surface area contributed by atoms with Crippen molar-refractivity contribution >= 4 is 11.9 Å². The van der Waals surface area contributed by atoms with Gasteiger partial charge in [-0.25, -0.2) is 4.79 Å². The van der Waals surface area contributed by atoms with Gasteiger partial charge in [-0.3, -0.25) is 4.79 Å². The molecule has 2 rings (SSSR count). The van der Waals surface area contributed by atoms with Crippen molar-refractivity contribution in [3.05, 3.63) is 54.6 Å². The average Bonchev–Trinajstić information content (AvgIpc) is 2.70. The minimum atomic E-state index is -0.625. The summed E-state index contributed by atoms with van der Waals surface area (Å²) >= 11 is 0. The van der Waals surface area contributed by atoms with Crippen LogP contribution in [-0.2, 0) is 14.3 Å². The normalized spacial score (nSPS) is 9.96. The Morgan fingerprint density at radius 1 is 0.815 bits per heavy atom. The average molecular weight is 373 g/mol. The first-order valence-electron chi connectivity index (χ1n) is 8.63. The molecule has 0 saturated carbocycles. The molecule has 0 aliphatic carbocycles. The zero-order valence-electron chi connectivity index (χ0n) is 15.2. The molecule has 0 bridgehead atoms. The second-order valence-corrected chi connectivity index (χ2v) is 5.37. The van der Waals surface area contributed by atoms with E-state index in [0.717, 1.165) is 11.5 Å². The number of amides is 1. The van der Waals surface area contributed by atoms with Gasteiger partial charge in [0.05, 0.1) is 13.2 Å². The number of benzene rings is 2. The molecule has 7 nitrogen and oxygen atoms in total. The van der Waals surface area contributed by atoms with E-state index in [1.807, 2.05) is 37.3 Å². The number of carbonyl (C=O) groups is 2. The summed E-state index contributed by atoms with van der Waals surface area (Å²) in [5.41, 5.74) is 0. The highest BCUT2D eigenvalue weighted by Crippen LogP contribution is 2.17. The molecule has 144 valence electrons. The third-order valence-electron chi connectivity index (χ3n) is 3.29. The first kappa shape index (κ1) is 20.1. The van der Waals surface area contributed by atoms with Crippen molar-refractivity contribution in [3.63, 3.8) is 0 Å². The van der Waals surface area contributed by atoms with Crippen molar-refractivity contribution in [2.75, 3.05) is 33.0 Å². The highest BCUT2D eigenvalue weighted by Gasteiger charge is 2.08. The van der Waals surface area contributed by atoms with Crippen LogP contribution in [0.1, 0.15) is 6.92 Å². The third kappa shape index (κ3) is 8.13. The summed E-state index contributed by atoms with van der Waals surface area (Å²) in [5.74, 6) is 0.934. The molecule has 0 radical (unpaired) electrons. The van der Waals surface area contributed by atoms with Crippen LogP contribution in [0.5, 0.6) is 17.2 Å². The zero-order chi connectivity index (χ0) is 19.3. The Kier molecular flexibility index (Phi) is 8.49. The van der Waals surface area contributed by atoms with E-state index in [1.165, 1.54) is 0 Å². The van der Waals surface area contributed by atoms with Crippen LogP contribution in [0.25, 0.3) is 0 Å². The van der Waals surface area contributed by atoms with E-state index in [0.29, 0.717) is 25.5 Å². The first-order chi connectivity index (χ1) is 13.2. The van der Waals surface area contributed by atoms with Gasteiger partial charge in [-0.1, -0.05) is 18.2 Å². The topological polar surface area (TPSA) is 83.1 Å². The maximum Gasteiger partial charge on any atom is 0.344 e. The number of para-hydroxylation sites is 1. The number of hydrogen-bond donors (Lipinski definition) is 1. The van der Waals surface area contributed by atoms with Gasteiger partial charge in [-0.2, -0.15) is 0 Å². The monoisotopic (exact) mass is 373 g/mol. The fourth-order valence-corrected chi connectivity index (χ4v) is 2.06. The van der Waals surface area contributed by atoms with Gasteiger partial charge in [-0.15, -0.1) is 0 Å². The lowest BCUT2D eigenvalue weighted by Gasteiger charge is -2.09. The van der Waals surface area contributed by atoms with Crippen LogP contribution >= 0.6 is 0 Å². The molecule has 0 saturated heterocycles. The molecular weight excluding hydrogens is 350 g/mol. The Morgan fingerprint density at radius 2 is 1.44 bits per heavy atom. The number of rotatable bonds is 11. The molecule has 0 heterocycles. The van der Waals surface area contributed by atoms with Crippen LogP contribution in [0.3, 0.4) is 0 Å². The smallest absolute Gasteiger partial charge is 0.344 e. The summed E-state index contributed by atoms with van der Waals surface area (Å²) in [5, 5.41) is 2.60. The highest BCUT2D eigenvalue weighted by atomic mass is 16.6. The molecule has 1 amide bonds. The van der Waals surface area contributed by atoms with Gasteiger partial charge >= 0.3 is 5.97 Å². The maximum atomic E-state index is 11.6. The van der Waals surface area contributed by atoms with Crippen LogP contribution in [-0.4, -0.2) is 44.8 Å². The number of ether oxygens (including phenoxy) is 4. The van der Waals surface area contributed by atoms with Gasteiger partial charge < -0.3 is 24.3 Å². The maximum absolute atomic E-state index is 11.6. The van der Waals surface area contributed by atoms with Crippen molar-refractivity contribution in [2.45, 2.75) is 6.92 Å². The zero-order valence-corrected chi connectivity index (χ0v) is 15.2. The summed E-state index contributed by atoms with van der Waals surface area (Å²) in [4.78, 5) is 23.3. The summed E-state index contributed by atoms with van der Waals surface area (Å²) < 4.78 is 20.9. The summed E-state index contributed by atoms with van der Waals surface area (Å²) in [7, 11) is 0. The van der Waals surface area contributed by atoms with Crippen molar-refractivity contribution in [3.8, 4) is 17.2 Å². The third-order valence-corrected chi connectivity index (χ3v) is 3.29. The Bertz CT molecular complexity index is 702. The molecule has 0 spiro atoms. The first-order valence-corrected chi connectivity index (χ1v) is 8.63. The molecule has 7 heteroatoms. The quantitative estimate of drug-likeness (QED) is 0.480. The standard InChI is InChI=1S/C20H23NO6/c1-2-24-17-8-10-18(11-9-17)26-15-20(23)27-14-19(22)21-12-13-25-16-6-4-3-5-7-16/h3-11H,2,12-15H2,1H3,(H,21,22). The predicted octanol–water partition coefficient (Wildman–Crippen LogP) is 2.20. The molecule has 0 aliphatic rings. The summed E-state index contributed by atoms with van der Waals surface area (Å²) in [6.45, 7) is 2.47. The van der Waals surface area contributed by atoms with E-state index in [4.69, 9.17) is 18.9 Å². The molecule has 0 unspecified atom stereocenters. The van der Waals surface area contributed by atoms with Crippen LogP contribution in [0.15, 0.2) is 54.6 Å². The molecule has 0 aromatic heterocycles. The Morgan fingerprint density at radius 3 is 2.11 bits per heavy atom. The molecule has 0 aliphatic heterocycles. The van der Waals surface area contributed by atoms with Gasteiger partial charge in [0.1, 0.15) is 23.9 Å². The molecule has 2 aromatic carbocycles. The molecule has 1 N–H and O–H groups in total. The Balaban J connectivity index is 1.55. The predicted molar refractivity (Wildman–Crippen MR) is 99.0 cm³/mol. The molecule has 27 heavy (non-hydrogen) atoms. The molecular formula is C20H23NO6. The SMILES string of the molecule is CCOc1ccc(OCC(=O)OCC(=O)NCCOc2ccccc2)cc1. The van der Waals surface area contributed by atoms with Gasteiger partial charge in [0.15, 0.2) is 13.2 Å². The van der Waals surface area contributed by atoms with Crippen molar-refractivity contribution in [1.29, 1.82) is 0 Å². The lowest BCUT2D eigenvalue weighted by molar-refractivity contribution is -0.150. The lowest BCUT2D eigenvalue weighted by atomic mass is 10.3. The van der Waals surface area contributed by atoms with Gasteiger partial charge in [0.2, 0.25) is 0 Å². The van der Waals surface area contributed by atoms with Crippen LogP contribution in [0.2, 0.25) is 0 Å².